The molecule has 0 spiro atoms. The molecule has 47 heavy (non-hydrogen) atoms. The van der Waals surface area contributed by atoms with E-state index in [1.807, 2.05) is 0 Å². The van der Waals surface area contributed by atoms with Crippen LogP contribution in [-0.4, -0.2) is 9.55 Å². The van der Waals surface area contributed by atoms with Crippen LogP contribution < -0.4 is 0 Å². The minimum absolute atomic E-state index is 0.941. The second-order valence-corrected chi connectivity index (χ2v) is 12.3. The zero-order valence-corrected chi connectivity index (χ0v) is 25.6. The van der Waals surface area contributed by atoms with Gasteiger partial charge < -0.3 is 0 Å². The van der Waals surface area contributed by atoms with Crippen molar-refractivity contribution in [3.63, 3.8) is 0 Å². The summed E-state index contributed by atoms with van der Waals surface area (Å²) in [5, 5.41) is 12.8. The lowest BCUT2D eigenvalue weighted by Gasteiger charge is -2.17. The second kappa shape index (κ2) is 10.1. The van der Waals surface area contributed by atoms with E-state index in [0.29, 0.717) is 0 Å². The van der Waals surface area contributed by atoms with E-state index in [-0.39, 0.29) is 0 Å². The standard InChI is InChI=1S/C45H28N2/c1-2-13-32(14-3-1)47-42-23-9-8-22-41(42)46-45(47)30-26-24-29(25-27-30)40-28-31-12-10-19-37-35-17-6-4-15-33(35)34-16-5-7-18-36(34)38-20-11-21-39(40)44(38)43(31)37/h1-28H. The fourth-order valence-electron chi connectivity index (χ4n) is 7.70. The molecule has 0 fully saturated rings. The highest BCUT2D eigenvalue weighted by Crippen LogP contribution is 2.43. The van der Waals surface area contributed by atoms with Crippen LogP contribution in [-0.2, 0) is 0 Å². The number of aromatic nitrogens is 2. The molecule has 0 aliphatic rings. The lowest BCUT2D eigenvalue weighted by Crippen LogP contribution is -1.97. The Hall–Kier alpha value is -6.25. The molecule has 0 bridgehead atoms. The van der Waals surface area contributed by atoms with Gasteiger partial charge in [0.25, 0.3) is 0 Å². The first-order chi connectivity index (χ1) is 23.3. The van der Waals surface area contributed by atoms with Crippen molar-refractivity contribution < 1.29 is 0 Å². The third-order valence-electron chi connectivity index (χ3n) is 9.76. The van der Waals surface area contributed by atoms with Gasteiger partial charge in [-0.15, -0.1) is 0 Å². The molecule has 0 saturated carbocycles. The Morgan fingerprint density at radius 2 is 0.915 bits per heavy atom. The van der Waals surface area contributed by atoms with Crippen molar-refractivity contribution in [2.75, 3.05) is 0 Å². The number of rotatable bonds is 3. The van der Waals surface area contributed by atoms with Gasteiger partial charge >= 0.3 is 0 Å². The van der Waals surface area contributed by atoms with Gasteiger partial charge in [-0.3, -0.25) is 4.57 Å². The van der Waals surface area contributed by atoms with E-state index >= 15 is 0 Å². The van der Waals surface area contributed by atoms with Crippen LogP contribution in [0.15, 0.2) is 170 Å². The van der Waals surface area contributed by atoms with E-state index in [4.69, 9.17) is 4.98 Å². The van der Waals surface area contributed by atoms with E-state index in [1.165, 1.54) is 65.0 Å². The van der Waals surface area contributed by atoms with Crippen molar-refractivity contribution in [3.8, 4) is 28.2 Å². The van der Waals surface area contributed by atoms with Gasteiger partial charge in [0.05, 0.1) is 11.0 Å². The Balaban J connectivity index is 1.25. The van der Waals surface area contributed by atoms with Gasteiger partial charge in [0, 0.05) is 11.3 Å². The highest BCUT2D eigenvalue weighted by Gasteiger charge is 2.17. The topological polar surface area (TPSA) is 17.8 Å². The van der Waals surface area contributed by atoms with Crippen molar-refractivity contribution >= 4 is 64.9 Å². The zero-order valence-electron chi connectivity index (χ0n) is 25.6. The van der Waals surface area contributed by atoms with Crippen LogP contribution in [0.2, 0.25) is 0 Å². The summed E-state index contributed by atoms with van der Waals surface area (Å²) in [6.07, 6.45) is 0. The molecule has 1 aromatic heterocycles. The van der Waals surface area contributed by atoms with Crippen LogP contribution in [0.5, 0.6) is 0 Å². The summed E-state index contributed by atoms with van der Waals surface area (Å²) >= 11 is 0. The first kappa shape index (κ1) is 26.0. The molecule has 0 aliphatic heterocycles. The van der Waals surface area contributed by atoms with Gasteiger partial charge in [-0.25, -0.2) is 4.98 Å². The van der Waals surface area contributed by atoms with E-state index in [2.05, 4.69) is 174 Å². The van der Waals surface area contributed by atoms with Crippen LogP contribution >= 0.6 is 0 Å². The molecule has 2 heteroatoms. The van der Waals surface area contributed by atoms with Crippen molar-refractivity contribution in [3.05, 3.63) is 170 Å². The maximum atomic E-state index is 5.10. The van der Waals surface area contributed by atoms with E-state index in [1.54, 1.807) is 0 Å². The van der Waals surface area contributed by atoms with Gasteiger partial charge in [-0.1, -0.05) is 140 Å². The summed E-state index contributed by atoms with van der Waals surface area (Å²) < 4.78 is 2.26. The first-order valence-corrected chi connectivity index (χ1v) is 16.1. The van der Waals surface area contributed by atoms with Gasteiger partial charge in [0.2, 0.25) is 0 Å². The molecule has 10 aromatic rings. The summed E-state index contributed by atoms with van der Waals surface area (Å²) in [6.45, 7) is 0. The Morgan fingerprint density at radius 3 is 1.64 bits per heavy atom. The third kappa shape index (κ3) is 3.89. The van der Waals surface area contributed by atoms with Crippen molar-refractivity contribution in [1.82, 2.24) is 9.55 Å². The summed E-state index contributed by atoms with van der Waals surface area (Å²) in [4.78, 5) is 5.10. The lowest BCUT2D eigenvalue weighted by atomic mass is 9.87. The van der Waals surface area contributed by atoms with Crippen LogP contribution in [0.25, 0.3) is 93.1 Å². The van der Waals surface area contributed by atoms with E-state index < -0.39 is 0 Å². The predicted molar refractivity (Wildman–Crippen MR) is 199 cm³/mol. The summed E-state index contributed by atoms with van der Waals surface area (Å²) in [5.41, 5.74) is 6.71. The number of hydrogen-bond donors (Lipinski definition) is 0. The van der Waals surface area contributed by atoms with Crippen LogP contribution in [0.3, 0.4) is 0 Å². The average molecular weight is 597 g/mol. The van der Waals surface area contributed by atoms with E-state index in [9.17, 15) is 0 Å². The van der Waals surface area contributed by atoms with Crippen molar-refractivity contribution in [2.24, 2.45) is 0 Å². The minimum Gasteiger partial charge on any atom is -0.292 e. The highest BCUT2D eigenvalue weighted by molar-refractivity contribution is 6.34. The zero-order chi connectivity index (χ0) is 30.9. The molecule has 0 amide bonds. The number of imidazole rings is 1. The van der Waals surface area contributed by atoms with Gasteiger partial charge in [-0.05, 0) is 95.3 Å². The highest BCUT2D eigenvalue weighted by atomic mass is 15.1. The number of hydrogen-bond acceptors (Lipinski definition) is 1. The third-order valence-corrected chi connectivity index (χ3v) is 9.76. The molecular weight excluding hydrogens is 569 g/mol. The quantitative estimate of drug-likeness (QED) is 0.186. The Kier molecular flexibility index (Phi) is 5.61. The normalized spacial score (nSPS) is 11.8. The second-order valence-electron chi connectivity index (χ2n) is 12.3. The fourth-order valence-corrected chi connectivity index (χ4v) is 7.70. The monoisotopic (exact) mass is 596 g/mol. The first-order valence-electron chi connectivity index (χ1n) is 16.1. The fraction of sp³-hybridized carbons (Fsp3) is 0. The van der Waals surface area contributed by atoms with Crippen LogP contribution in [0, 0.1) is 0 Å². The molecular formula is C45H28N2. The molecule has 1 heterocycles. The van der Waals surface area contributed by atoms with Gasteiger partial charge in [0.15, 0.2) is 0 Å². The van der Waals surface area contributed by atoms with Crippen molar-refractivity contribution in [1.29, 1.82) is 0 Å². The molecule has 9 aromatic carbocycles. The molecule has 0 N–H and O–H groups in total. The number of benzene rings is 8. The Morgan fingerprint density at radius 1 is 0.383 bits per heavy atom. The Bertz CT molecular complexity index is 2830. The molecule has 0 radical (unpaired) electrons. The maximum Gasteiger partial charge on any atom is 0.145 e. The van der Waals surface area contributed by atoms with Crippen molar-refractivity contribution in [2.45, 2.75) is 0 Å². The molecule has 0 saturated heterocycles. The predicted octanol–water partition coefficient (Wildman–Crippen LogP) is 12.1. The number of nitrogens with zero attached hydrogens (tertiary/aromatic N) is 2. The van der Waals surface area contributed by atoms with Crippen LogP contribution in [0.4, 0.5) is 0 Å². The molecule has 218 valence electrons. The largest absolute Gasteiger partial charge is 0.292 e. The summed E-state index contributed by atoms with van der Waals surface area (Å²) in [6, 6.07) is 61.5. The SMILES string of the molecule is c1ccc(-n2c(-c3ccc(-c4cc5cccc6c7ccccc7c7ccccc7c7cccc4c7c56)cc3)nc3ccccc32)cc1. The minimum atomic E-state index is 0.941. The van der Waals surface area contributed by atoms with E-state index in [0.717, 1.165) is 28.1 Å². The lowest BCUT2D eigenvalue weighted by molar-refractivity contribution is 1.10. The number of fused-ring (bicyclic) bond motifs is 6. The number of para-hydroxylation sites is 3. The molecule has 0 unspecified atom stereocenters. The summed E-state index contributed by atoms with van der Waals surface area (Å²) in [7, 11) is 0. The molecule has 2 nitrogen and oxygen atoms in total. The van der Waals surface area contributed by atoms with Gasteiger partial charge in [0.1, 0.15) is 5.82 Å². The maximum absolute atomic E-state index is 5.10. The van der Waals surface area contributed by atoms with Gasteiger partial charge in [-0.2, -0.15) is 0 Å². The molecule has 0 aliphatic carbocycles. The van der Waals surface area contributed by atoms with Crippen LogP contribution in [0.1, 0.15) is 0 Å². The Labute approximate surface area is 271 Å². The average Bonchev–Trinajstić information content (AvgIpc) is 3.54. The smallest absolute Gasteiger partial charge is 0.145 e. The molecule has 10 rings (SSSR count). The summed E-state index contributed by atoms with van der Waals surface area (Å²) in [5.74, 6) is 0.941. The molecule has 0 atom stereocenters.